The van der Waals surface area contributed by atoms with E-state index in [9.17, 15) is 22.8 Å². The highest BCUT2D eigenvalue weighted by Gasteiger charge is 2.39. The van der Waals surface area contributed by atoms with Gasteiger partial charge in [0.25, 0.3) is 0 Å². The minimum atomic E-state index is -4.54. The Bertz CT molecular complexity index is 615. The van der Waals surface area contributed by atoms with E-state index in [-0.39, 0.29) is 18.4 Å². The predicted octanol–water partition coefficient (Wildman–Crippen LogP) is 3.52. The first kappa shape index (κ1) is 16.5. The molecule has 0 aromatic heterocycles. The number of piperidine rings is 1. The summed E-state index contributed by atoms with van der Waals surface area (Å²) < 4.78 is 40.1. The molecular weight excluding hydrogens is 295 g/mol. The molecule has 2 amide bonds. The number of rotatable bonds is 1. The third-order valence-electron chi connectivity index (χ3n) is 3.84. The molecule has 6 heteroatoms. The molecule has 1 saturated heterocycles. The van der Waals surface area contributed by atoms with Crippen LogP contribution in [0.5, 0.6) is 0 Å². The second kappa shape index (κ2) is 5.41. The van der Waals surface area contributed by atoms with E-state index < -0.39 is 34.9 Å². The highest BCUT2D eigenvalue weighted by atomic mass is 19.4. The van der Waals surface area contributed by atoms with E-state index >= 15 is 0 Å². The first-order chi connectivity index (χ1) is 10.00. The van der Waals surface area contributed by atoms with Gasteiger partial charge in [-0.1, -0.05) is 32.9 Å². The topological polar surface area (TPSA) is 46.2 Å². The fraction of sp³-hybridized carbons (Fsp3) is 0.500. The van der Waals surface area contributed by atoms with Gasteiger partial charge in [-0.25, -0.2) is 0 Å². The molecule has 1 atom stereocenters. The number of imide groups is 1. The van der Waals surface area contributed by atoms with E-state index in [4.69, 9.17) is 0 Å². The monoisotopic (exact) mass is 313 g/mol. The highest BCUT2D eigenvalue weighted by Crippen LogP contribution is 2.39. The van der Waals surface area contributed by atoms with Crippen LogP contribution in [0.3, 0.4) is 0 Å². The van der Waals surface area contributed by atoms with Gasteiger partial charge >= 0.3 is 6.18 Å². The standard InChI is InChI=1S/C16H18F3NO2/c1-15(2,3)9-4-5-10(12(8-9)16(17,18)19)11-6-7-13(21)20-14(11)22/h4-5,8,11H,6-7H2,1-3H3,(H,20,21,22). The number of hydrogen-bond donors (Lipinski definition) is 1. The zero-order valence-corrected chi connectivity index (χ0v) is 12.7. The maximum Gasteiger partial charge on any atom is 0.416 e. The minimum absolute atomic E-state index is 0.0503. The number of halogens is 3. The normalized spacial score (nSPS) is 20.0. The van der Waals surface area contributed by atoms with Crippen LogP contribution in [0.1, 0.15) is 56.2 Å². The molecule has 1 heterocycles. The number of nitrogens with one attached hydrogen (secondary N) is 1. The van der Waals surface area contributed by atoms with Gasteiger partial charge in [-0.2, -0.15) is 13.2 Å². The van der Waals surface area contributed by atoms with Crippen LogP contribution in [0.25, 0.3) is 0 Å². The van der Waals surface area contributed by atoms with Crippen LogP contribution >= 0.6 is 0 Å². The molecule has 0 bridgehead atoms. The Hall–Kier alpha value is -1.85. The number of hydrogen-bond acceptors (Lipinski definition) is 2. The third-order valence-corrected chi connectivity index (χ3v) is 3.84. The molecule has 3 nitrogen and oxygen atoms in total. The van der Waals surface area contributed by atoms with E-state index in [2.05, 4.69) is 5.32 Å². The average molecular weight is 313 g/mol. The van der Waals surface area contributed by atoms with Crippen LogP contribution in [0.2, 0.25) is 0 Å². The summed E-state index contributed by atoms with van der Waals surface area (Å²) >= 11 is 0. The maximum atomic E-state index is 13.4. The third kappa shape index (κ3) is 3.31. The lowest BCUT2D eigenvalue weighted by Gasteiger charge is -2.27. The van der Waals surface area contributed by atoms with Gasteiger partial charge in [0, 0.05) is 6.42 Å². The lowest BCUT2D eigenvalue weighted by molar-refractivity contribution is -0.139. The van der Waals surface area contributed by atoms with E-state index in [1.807, 2.05) is 20.8 Å². The number of benzene rings is 1. The van der Waals surface area contributed by atoms with Gasteiger partial charge < -0.3 is 0 Å². The van der Waals surface area contributed by atoms with Crippen LogP contribution in [-0.2, 0) is 21.2 Å². The van der Waals surface area contributed by atoms with Crippen molar-refractivity contribution in [3.63, 3.8) is 0 Å². The smallest absolute Gasteiger partial charge is 0.296 e. The van der Waals surface area contributed by atoms with Crippen LogP contribution in [0.15, 0.2) is 18.2 Å². The molecule has 1 aliphatic heterocycles. The molecule has 0 saturated carbocycles. The molecule has 0 spiro atoms. The lowest BCUT2D eigenvalue weighted by atomic mass is 9.81. The molecular formula is C16H18F3NO2. The van der Waals surface area contributed by atoms with Gasteiger partial charge in [0.2, 0.25) is 11.8 Å². The molecule has 1 fully saturated rings. The van der Waals surface area contributed by atoms with Gasteiger partial charge in [-0.3, -0.25) is 14.9 Å². The predicted molar refractivity (Wildman–Crippen MR) is 75.3 cm³/mol. The molecule has 1 aliphatic rings. The molecule has 0 radical (unpaired) electrons. The van der Waals surface area contributed by atoms with Crippen molar-refractivity contribution in [1.29, 1.82) is 0 Å². The van der Waals surface area contributed by atoms with Crippen molar-refractivity contribution in [3.05, 3.63) is 34.9 Å². The largest absolute Gasteiger partial charge is 0.416 e. The molecule has 22 heavy (non-hydrogen) atoms. The Morgan fingerprint density at radius 3 is 2.27 bits per heavy atom. The molecule has 1 aromatic rings. The second-order valence-electron chi connectivity index (χ2n) is 6.55. The minimum Gasteiger partial charge on any atom is -0.296 e. The van der Waals surface area contributed by atoms with Crippen LogP contribution in [-0.4, -0.2) is 11.8 Å². The molecule has 1 aromatic carbocycles. The SMILES string of the molecule is CC(C)(C)c1ccc(C2CCC(=O)NC2=O)c(C(F)(F)F)c1. The Morgan fingerprint density at radius 2 is 1.77 bits per heavy atom. The van der Waals surface area contributed by atoms with Crippen molar-refractivity contribution >= 4 is 11.8 Å². The van der Waals surface area contributed by atoms with Gasteiger partial charge in [0.1, 0.15) is 0 Å². The summed E-state index contributed by atoms with van der Waals surface area (Å²) in [6.45, 7) is 5.48. The summed E-state index contributed by atoms with van der Waals surface area (Å²) in [7, 11) is 0. The maximum absolute atomic E-state index is 13.4. The summed E-state index contributed by atoms with van der Waals surface area (Å²) in [4.78, 5) is 23.0. The van der Waals surface area contributed by atoms with E-state index in [1.54, 1.807) is 6.07 Å². The van der Waals surface area contributed by atoms with Crippen molar-refractivity contribution in [2.75, 3.05) is 0 Å². The zero-order chi connectivity index (χ0) is 16.7. The summed E-state index contributed by atoms with van der Waals surface area (Å²) in [6.07, 6.45) is -4.39. The lowest BCUT2D eigenvalue weighted by Crippen LogP contribution is -2.40. The van der Waals surface area contributed by atoms with Crippen molar-refractivity contribution in [3.8, 4) is 0 Å². The van der Waals surface area contributed by atoms with Gasteiger partial charge in [0.15, 0.2) is 0 Å². The average Bonchev–Trinajstić information content (AvgIpc) is 2.36. The number of carbonyl (C=O) groups excluding carboxylic acids is 2. The molecule has 1 N–H and O–H groups in total. The summed E-state index contributed by atoms with van der Waals surface area (Å²) in [5.41, 5.74) is -0.737. The van der Waals surface area contributed by atoms with E-state index in [1.165, 1.54) is 6.07 Å². The van der Waals surface area contributed by atoms with Crippen LogP contribution in [0.4, 0.5) is 13.2 Å². The fourth-order valence-corrected chi connectivity index (χ4v) is 2.56. The van der Waals surface area contributed by atoms with Gasteiger partial charge in [-0.05, 0) is 29.0 Å². The van der Waals surface area contributed by atoms with E-state index in [0.717, 1.165) is 6.07 Å². The summed E-state index contributed by atoms with van der Waals surface area (Å²) in [5, 5.41) is 2.11. The molecule has 120 valence electrons. The number of alkyl halides is 3. The Labute approximate surface area is 126 Å². The van der Waals surface area contributed by atoms with Crippen molar-refractivity contribution in [2.45, 2.75) is 51.1 Å². The quantitative estimate of drug-likeness (QED) is 0.806. The fourth-order valence-electron chi connectivity index (χ4n) is 2.56. The van der Waals surface area contributed by atoms with Crippen molar-refractivity contribution < 1.29 is 22.8 Å². The molecule has 1 unspecified atom stereocenters. The van der Waals surface area contributed by atoms with Crippen molar-refractivity contribution in [1.82, 2.24) is 5.32 Å². The molecule has 0 aliphatic carbocycles. The highest BCUT2D eigenvalue weighted by molar-refractivity contribution is 6.01. The summed E-state index contributed by atoms with van der Waals surface area (Å²) in [5.74, 6) is -2.05. The first-order valence-electron chi connectivity index (χ1n) is 7.05. The second-order valence-corrected chi connectivity index (χ2v) is 6.55. The Kier molecular flexibility index (Phi) is 4.06. The Balaban J connectivity index is 2.52. The number of amides is 2. The number of carbonyl (C=O) groups is 2. The van der Waals surface area contributed by atoms with Gasteiger partial charge in [0.05, 0.1) is 11.5 Å². The van der Waals surface area contributed by atoms with E-state index in [0.29, 0.717) is 5.56 Å². The van der Waals surface area contributed by atoms with Crippen LogP contribution in [0, 0.1) is 0 Å². The first-order valence-corrected chi connectivity index (χ1v) is 7.05. The van der Waals surface area contributed by atoms with Crippen LogP contribution < -0.4 is 5.32 Å². The zero-order valence-electron chi connectivity index (χ0n) is 12.7. The summed E-state index contributed by atoms with van der Waals surface area (Å²) in [6, 6.07) is 4.09. The van der Waals surface area contributed by atoms with Crippen molar-refractivity contribution in [2.24, 2.45) is 0 Å². The Morgan fingerprint density at radius 1 is 1.14 bits per heavy atom. The molecule has 2 rings (SSSR count). The van der Waals surface area contributed by atoms with Gasteiger partial charge in [-0.15, -0.1) is 0 Å².